The van der Waals surface area contributed by atoms with E-state index in [0.29, 0.717) is 24.4 Å². The molecule has 8 nitrogen and oxygen atoms in total. The largest absolute Gasteiger partial charge is 0.360 e. The highest BCUT2D eigenvalue weighted by Gasteiger charge is 2.36. The molecule has 0 radical (unpaired) electrons. The van der Waals surface area contributed by atoms with Gasteiger partial charge in [0.25, 0.3) is 5.91 Å². The van der Waals surface area contributed by atoms with Gasteiger partial charge in [0.2, 0.25) is 5.91 Å². The van der Waals surface area contributed by atoms with Crippen molar-refractivity contribution in [3.63, 3.8) is 0 Å². The second-order valence-electron chi connectivity index (χ2n) is 7.42. The molecule has 0 aliphatic carbocycles. The minimum absolute atomic E-state index is 0.142. The maximum Gasteiger partial charge on any atom is 0.276 e. The molecule has 8 heteroatoms. The number of carbonyl (C=O) groups excluding carboxylic acids is 2. The summed E-state index contributed by atoms with van der Waals surface area (Å²) in [6.07, 6.45) is 4.92. The molecule has 1 saturated heterocycles. The van der Waals surface area contributed by atoms with E-state index in [-0.39, 0.29) is 23.4 Å². The quantitative estimate of drug-likeness (QED) is 0.718. The monoisotopic (exact) mass is 393 g/mol. The zero-order valence-electron chi connectivity index (χ0n) is 16.4. The Balaban J connectivity index is 1.48. The first-order valence-corrected chi connectivity index (χ1v) is 9.71. The molecule has 2 amide bonds. The summed E-state index contributed by atoms with van der Waals surface area (Å²) < 4.78 is 6.96. The molecule has 1 fully saturated rings. The smallest absolute Gasteiger partial charge is 0.276 e. The van der Waals surface area contributed by atoms with Crippen LogP contribution in [0.5, 0.6) is 0 Å². The van der Waals surface area contributed by atoms with Gasteiger partial charge in [0.05, 0.1) is 5.69 Å². The molecule has 4 rings (SSSR count). The Morgan fingerprint density at radius 3 is 2.83 bits per heavy atom. The van der Waals surface area contributed by atoms with Crippen molar-refractivity contribution in [2.24, 2.45) is 0 Å². The summed E-state index contributed by atoms with van der Waals surface area (Å²) in [6.45, 7) is 4.46. The Hall–Kier alpha value is -3.42. The van der Waals surface area contributed by atoms with Crippen LogP contribution in [-0.2, 0) is 4.79 Å². The highest BCUT2D eigenvalue weighted by atomic mass is 16.5. The maximum absolute atomic E-state index is 12.9. The van der Waals surface area contributed by atoms with Gasteiger partial charge in [0, 0.05) is 36.6 Å². The second kappa shape index (κ2) is 7.90. The molecule has 3 heterocycles. The molecule has 1 aromatic carbocycles. The number of hydrogen-bond acceptors (Lipinski definition) is 5. The summed E-state index contributed by atoms with van der Waals surface area (Å²) in [7, 11) is 0. The number of hydrogen-bond donors (Lipinski definition) is 1. The number of likely N-dealkylation sites (tertiary alicyclic amines) is 1. The summed E-state index contributed by atoms with van der Waals surface area (Å²) in [5.41, 5.74) is 1.75. The highest BCUT2D eigenvalue weighted by Crippen LogP contribution is 2.24. The molecule has 0 spiro atoms. The van der Waals surface area contributed by atoms with Crippen LogP contribution >= 0.6 is 0 Å². The van der Waals surface area contributed by atoms with Crippen LogP contribution in [0.1, 0.15) is 48.9 Å². The number of carbonyl (C=O) groups is 2. The molecule has 1 unspecified atom stereocenters. The van der Waals surface area contributed by atoms with Gasteiger partial charge in [-0.15, -0.1) is 0 Å². The molecule has 1 atom stereocenters. The predicted octanol–water partition coefficient (Wildman–Crippen LogP) is 3.23. The average molecular weight is 393 g/mol. The Kier molecular flexibility index (Phi) is 5.16. The van der Waals surface area contributed by atoms with E-state index in [4.69, 9.17) is 4.52 Å². The first kappa shape index (κ1) is 18.9. The number of aromatic nitrogens is 3. The van der Waals surface area contributed by atoms with Crippen LogP contribution in [0.4, 0.5) is 5.69 Å². The fourth-order valence-corrected chi connectivity index (χ4v) is 3.46. The van der Waals surface area contributed by atoms with E-state index in [1.54, 1.807) is 21.8 Å². The summed E-state index contributed by atoms with van der Waals surface area (Å²) >= 11 is 0. The van der Waals surface area contributed by atoms with Crippen molar-refractivity contribution in [1.29, 1.82) is 0 Å². The second-order valence-corrected chi connectivity index (χ2v) is 7.42. The van der Waals surface area contributed by atoms with Crippen LogP contribution in [0.3, 0.4) is 0 Å². The van der Waals surface area contributed by atoms with Crippen LogP contribution in [0.2, 0.25) is 0 Å². The molecule has 29 heavy (non-hydrogen) atoms. The topological polar surface area (TPSA) is 93.3 Å². The van der Waals surface area contributed by atoms with Crippen molar-refractivity contribution < 1.29 is 14.1 Å². The highest BCUT2D eigenvalue weighted by molar-refractivity contribution is 6.00. The van der Waals surface area contributed by atoms with Crippen molar-refractivity contribution >= 4 is 17.5 Å². The van der Waals surface area contributed by atoms with Gasteiger partial charge in [-0.3, -0.25) is 9.59 Å². The third-order valence-corrected chi connectivity index (χ3v) is 5.02. The fraction of sp³-hybridized carbons (Fsp3) is 0.333. The van der Waals surface area contributed by atoms with Crippen molar-refractivity contribution in [1.82, 2.24) is 19.8 Å². The lowest BCUT2D eigenvalue weighted by Crippen LogP contribution is -2.43. The van der Waals surface area contributed by atoms with Gasteiger partial charge in [-0.25, -0.2) is 4.68 Å². The number of rotatable bonds is 5. The van der Waals surface area contributed by atoms with Crippen LogP contribution in [0.15, 0.2) is 53.3 Å². The van der Waals surface area contributed by atoms with Gasteiger partial charge in [-0.05, 0) is 37.1 Å². The van der Waals surface area contributed by atoms with Gasteiger partial charge in [-0.2, -0.15) is 5.10 Å². The number of amides is 2. The third kappa shape index (κ3) is 3.91. The number of nitrogens with one attached hydrogen (secondary N) is 1. The average Bonchev–Trinajstić information content (AvgIpc) is 3.49. The molecular formula is C21H23N5O3. The summed E-state index contributed by atoms with van der Waals surface area (Å²) in [6, 6.07) is 10.4. The van der Waals surface area contributed by atoms with E-state index in [2.05, 4.69) is 15.6 Å². The first-order valence-electron chi connectivity index (χ1n) is 9.71. The van der Waals surface area contributed by atoms with Crippen molar-refractivity contribution in [2.45, 2.75) is 38.6 Å². The Morgan fingerprint density at radius 1 is 1.24 bits per heavy atom. The normalized spacial score (nSPS) is 16.4. The minimum atomic E-state index is -0.532. The molecule has 1 aliphatic heterocycles. The zero-order chi connectivity index (χ0) is 20.4. The van der Waals surface area contributed by atoms with Crippen LogP contribution in [0.25, 0.3) is 5.69 Å². The van der Waals surface area contributed by atoms with E-state index >= 15 is 0 Å². The third-order valence-electron chi connectivity index (χ3n) is 5.02. The van der Waals surface area contributed by atoms with E-state index < -0.39 is 6.04 Å². The van der Waals surface area contributed by atoms with Gasteiger partial charge >= 0.3 is 0 Å². The Labute approximate surface area is 168 Å². The SMILES string of the molecule is CC(C)c1cc(C(=O)N2CCCC2C(=O)Nc2cccc(-n3cccn3)c2)no1. The first-order chi connectivity index (χ1) is 14.0. The lowest BCUT2D eigenvalue weighted by molar-refractivity contribution is -0.119. The lowest BCUT2D eigenvalue weighted by Gasteiger charge is -2.23. The maximum atomic E-state index is 12.9. The van der Waals surface area contributed by atoms with E-state index in [9.17, 15) is 9.59 Å². The minimum Gasteiger partial charge on any atom is -0.360 e. The molecule has 1 N–H and O–H groups in total. The molecular weight excluding hydrogens is 370 g/mol. The predicted molar refractivity (Wildman–Crippen MR) is 107 cm³/mol. The van der Waals surface area contributed by atoms with Gasteiger partial charge < -0.3 is 14.7 Å². The number of benzene rings is 1. The molecule has 3 aromatic rings. The Bertz CT molecular complexity index is 1010. The molecule has 2 aromatic heterocycles. The van der Waals surface area contributed by atoms with Crippen LogP contribution in [-0.4, -0.2) is 44.2 Å². The molecule has 0 bridgehead atoms. The fourth-order valence-electron chi connectivity index (χ4n) is 3.46. The number of nitrogens with zero attached hydrogens (tertiary/aromatic N) is 4. The van der Waals surface area contributed by atoms with Crippen molar-refractivity contribution in [3.05, 3.63) is 60.2 Å². The van der Waals surface area contributed by atoms with Gasteiger partial charge in [-0.1, -0.05) is 25.1 Å². The van der Waals surface area contributed by atoms with Crippen molar-refractivity contribution in [2.75, 3.05) is 11.9 Å². The summed E-state index contributed by atoms with van der Waals surface area (Å²) in [5, 5.41) is 11.0. The summed E-state index contributed by atoms with van der Waals surface area (Å²) in [4.78, 5) is 27.4. The van der Waals surface area contributed by atoms with Gasteiger partial charge in [0.1, 0.15) is 11.8 Å². The van der Waals surface area contributed by atoms with E-state index in [1.807, 2.05) is 50.4 Å². The van der Waals surface area contributed by atoms with Crippen LogP contribution < -0.4 is 5.32 Å². The van der Waals surface area contributed by atoms with Crippen molar-refractivity contribution in [3.8, 4) is 5.69 Å². The molecule has 1 aliphatic rings. The molecule has 150 valence electrons. The van der Waals surface area contributed by atoms with Crippen LogP contribution in [0, 0.1) is 0 Å². The number of anilines is 1. The van der Waals surface area contributed by atoms with Gasteiger partial charge in [0.15, 0.2) is 5.69 Å². The Morgan fingerprint density at radius 2 is 2.10 bits per heavy atom. The lowest BCUT2D eigenvalue weighted by atomic mass is 10.1. The van der Waals surface area contributed by atoms with E-state index in [0.717, 1.165) is 12.1 Å². The summed E-state index contributed by atoms with van der Waals surface area (Å²) in [5.74, 6) is 0.317. The molecule has 0 saturated carbocycles. The standard InChI is InChI=1S/C21H23N5O3/c1-14(2)19-13-17(24-29-19)21(28)25-10-4-8-18(25)20(27)23-15-6-3-7-16(12-15)26-11-5-9-22-26/h3,5-7,9,11-14,18H,4,8,10H2,1-2H3,(H,23,27). The zero-order valence-corrected chi connectivity index (χ0v) is 16.4. The van der Waals surface area contributed by atoms with E-state index in [1.165, 1.54) is 0 Å².